The second-order valence-corrected chi connectivity index (χ2v) is 6.53. The maximum Gasteiger partial charge on any atom is 0.225 e. The third-order valence-corrected chi connectivity index (χ3v) is 4.59. The van der Waals surface area contributed by atoms with Crippen molar-refractivity contribution in [2.75, 3.05) is 0 Å². The van der Waals surface area contributed by atoms with Crippen LogP contribution in [0.1, 0.15) is 35.5 Å². The number of amides is 1. The van der Waals surface area contributed by atoms with Crippen LogP contribution in [0, 0.1) is 25.5 Å². The predicted octanol–water partition coefficient (Wildman–Crippen LogP) is 4.19. The third-order valence-electron chi connectivity index (χ3n) is 4.59. The Labute approximate surface area is 156 Å². The van der Waals surface area contributed by atoms with Crippen LogP contribution in [0.2, 0.25) is 0 Å². The number of aryl methyl sites for hydroxylation is 1. The maximum atomic E-state index is 13.9. The van der Waals surface area contributed by atoms with E-state index in [-0.39, 0.29) is 17.9 Å². The van der Waals surface area contributed by atoms with Gasteiger partial charge in [0, 0.05) is 22.9 Å². The van der Waals surface area contributed by atoms with Crippen LogP contribution in [0.5, 0.6) is 0 Å². The van der Waals surface area contributed by atoms with Gasteiger partial charge in [0.2, 0.25) is 5.91 Å². The number of aromatic nitrogens is 2. The molecule has 0 fully saturated rings. The van der Waals surface area contributed by atoms with Gasteiger partial charge < -0.3 is 5.32 Å². The highest BCUT2D eigenvalue weighted by Crippen LogP contribution is 2.20. The van der Waals surface area contributed by atoms with Gasteiger partial charge in [-0.3, -0.25) is 4.79 Å². The molecule has 0 aliphatic carbocycles. The van der Waals surface area contributed by atoms with Gasteiger partial charge in [-0.2, -0.15) is 5.10 Å². The topological polar surface area (TPSA) is 46.9 Å². The fourth-order valence-corrected chi connectivity index (χ4v) is 3.13. The molecule has 1 N–H and O–H groups in total. The molecule has 6 heteroatoms. The third kappa shape index (κ3) is 4.05. The van der Waals surface area contributed by atoms with Gasteiger partial charge in [-0.25, -0.2) is 13.5 Å². The van der Waals surface area contributed by atoms with Crippen molar-refractivity contribution in [1.82, 2.24) is 15.1 Å². The summed E-state index contributed by atoms with van der Waals surface area (Å²) in [5.74, 6) is -1.56. The number of para-hydroxylation sites is 1. The van der Waals surface area contributed by atoms with Gasteiger partial charge in [-0.15, -0.1) is 0 Å². The predicted molar refractivity (Wildman–Crippen MR) is 99.7 cm³/mol. The molecule has 0 spiro atoms. The fourth-order valence-electron chi connectivity index (χ4n) is 3.13. The summed E-state index contributed by atoms with van der Waals surface area (Å²) in [5.41, 5.74) is 3.66. The van der Waals surface area contributed by atoms with E-state index in [1.54, 1.807) is 11.6 Å². The SMILES string of the molecule is Cc1nn(-c2ccccc2)c(C)c1CC(=O)N[C@@H](C)c1ccc(F)cc1F. The molecular formula is C21H21F2N3O. The van der Waals surface area contributed by atoms with E-state index in [1.807, 2.05) is 44.2 Å². The first-order valence-corrected chi connectivity index (χ1v) is 8.71. The molecule has 0 unspecified atom stereocenters. The Kier molecular flexibility index (Phi) is 5.35. The number of hydrogen-bond acceptors (Lipinski definition) is 2. The van der Waals surface area contributed by atoms with Gasteiger partial charge in [0.15, 0.2) is 0 Å². The molecule has 0 aliphatic rings. The highest BCUT2D eigenvalue weighted by molar-refractivity contribution is 5.79. The maximum absolute atomic E-state index is 13.9. The van der Waals surface area contributed by atoms with Crippen LogP contribution in [-0.2, 0) is 11.2 Å². The number of carbonyl (C=O) groups excluding carboxylic acids is 1. The summed E-state index contributed by atoms with van der Waals surface area (Å²) in [4.78, 5) is 12.5. The van der Waals surface area contributed by atoms with E-state index >= 15 is 0 Å². The zero-order valence-electron chi connectivity index (χ0n) is 15.5. The van der Waals surface area contributed by atoms with Gasteiger partial charge in [-0.1, -0.05) is 24.3 Å². The summed E-state index contributed by atoms with van der Waals surface area (Å²) >= 11 is 0. The summed E-state index contributed by atoms with van der Waals surface area (Å²) in [5, 5.41) is 7.30. The van der Waals surface area contributed by atoms with Crippen molar-refractivity contribution in [3.8, 4) is 5.69 Å². The minimum Gasteiger partial charge on any atom is -0.349 e. The zero-order valence-corrected chi connectivity index (χ0v) is 15.5. The Morgan fingerprint density at radius 3 is 2.52 bits per heavy atom. The number of hydrogen-bond donors (Lipinski definition) is 1. The molecule has 2 aromatic carbocycles. The molecule has 140 valence electrons. The minimum absolute atomic E-state index is 0.137. The molecule has 0 saturated heterocycles. The lowest BCUT2D eigenvalue weighted by Gasteiger charge is -2.15. The van der Waals surface area contributed by atoms with E-state index in [9.17, 15) is 13.6 Å². The van der Waals surface area contributed by atoms with E-state index in [0.29, 0.717) is 0 Å². The van der Waals surface area contributed by atoms with E-state index in [2.05, 4.69) is 10.4 Å². The number of carbonyl (C=O) groups is 1. The van der Waals surface area contributed by atoms with Crippen LogP contribution in [0.4, 0.5) is 8.78 Å². The van der Waals surface area contributed by atoms with Crippen LogP contribution < -0.4 is 5.32 Å². The Balaban J connectivity index is 1.75. The number of nitrogens with one attached hydrogen (secondary N) is 1. The van der Waals surface area contributed by atoms with Crippen LogP contribution in [0.15, 0.2) is 48.5 Å². The van der Waals surface area contributed by atoms with Gasteiger partial charge in [-0.05, 0) is 39.0 Å². The monoisotopic (exact) mass is 369 g/mol. The summed E-state index contributed by atoms with van der Waals surface area (Å²) < 4.78 is 28.8. The quantitative estimate of drug-likeness (QED) is 0.733. The fraction of sp³-hybridized carbons (Fsp3) is 0.238. The second kappa shape index (κ2) is 7.70. The van der Waals surface area contributed by atoms with Gasteiger partial charge in [0.25, 0.3) is 0 Å². The normalized spacial score (nSPS) is 12.0. The van der Waals surface area contributed by atoms with E-state index in [0.717, 1.165) is 28.7 Å². The summed E-state index contributed by atoms with van der Waals surface area (Å²) in [6, 6.07) is 12.5. The molecule has 0 bridgehead atoms. The lowest BCUT2D eigenvalue weighted by molar-refractivity contribution is -0.121. The molecule has 1 heterocycles. The molecule has 1 amide bonds. The molecule has 0 aliphatic heterocycles. The van der Waals surface area contributed by atoms with Crippen molar-refractivity contribution in [3.05, 3.63) is 82.7 Å². The van der Waals surface area contributed by atoms with Crippen molar-refractivity contribution in [2.24, 2.45) is 0 Å². The molecule has 3 aromatic rings. The minimum atomic E-state index is -0.674. The highest BCUT2D eigenvalue weighted by Gasteiger charge is 2.19. The summed E-state index contributed by atoms with van der Waals surface area (Å²) in [7, 11) is 0. The van der Waals surface area contributed by atoms with E-state index < -0.39 is 17.7 Å². The Hall–Kier alpha value is -3.02. The van der Waals surface area contributed by atoms with Crippen molar-refractivity contribution < 1.29 is 13.6 Å². The zero-order chi connectivity index (χ0) is 19.6. The first-order valence-electron chi connectivity index (χ1n) is 8.71. The molecule has 27 heavy (non-hydrogen) atoms. The largest absolute Gasteiger partial charge is 0.349 e. The molecular weight excluding hydrogens is 348 g/mol. The lowest BCUT2D eigenvalue weighted by atomic mass is 10.1. The number of nitrogens with zero attached hydrogens (tertiary/aromatic N) is 2. The van der Waals surface area contributed by atoms with Crippen molar-refractivity contribution >= 4 is 5.91 Å². The Morgan fingerprint density at radius 1 is 1.15 bits per heavy atom. The smallest absolute Gasteiger partial charge is 0.225 e. The van der Waals surface area contributed by atoms with Crippen LogP contribution in [0.25, 0.3) is 5.69 Å². The average Bonchev–Trinajstić information content (AvgIpc) is 2.90. The highest BCUT2D eigenvalue weighted by atomic mass is 19.1. The number of benzene rings is 2. The molecule has 4 nitrogen and oxygen atoms in total. The Morgan fingerprint density at radius 2 is 1.85 bits per heavy atom. The molecule has 0 saturated carbocycles. The standard InChI is InChI=1S/C21H21F2N3O/c1-13(18-10-9-16(22)11-20(18)23)24-21(27)12-19-14(2)25-26(15(19)3)17-7-5-4-6-8-17/h4-11,13H,12H2,1-3H3,(H,24,27)/t13-/m0/s1. The van der Waals surface area contributed by atoms with Gasteiger partial charge in [0.05, 0.1) is 23.8 Å². The molecule has 3 rings (SSSR count). The molecule has 1 aromatic heterocycles. The van der Waals surface area contributed by atoms with Gasteiger partial charge in [0.1, 0.15) is 11.6 Å². The van der Waals surface area contributed by atoms with Crippen LogP contribution in [0.3, 0.4) is 0 Å². The number of halogens is 2. The second-order valence-electron chi connectivity index (χ2n) is 6.53. The van der Waals surface area contributed by atoms with Crippen LogP contribution in [-0.4, -0.2) is 15.7 Å². The summed E-state index contributed by atoms with van der Waals surface area (Å²) in [6.07, 6.45) is 0.137. The van der Waals surface area contributed by atoms with E-state index in [1.165, 1.54) is 12.1 Å². The van der Waals surface area contributed by atoms with Gasteiger partial charge >= 0.3 is 0 Å². The average molecular weight is 369 g/mol. The molecule has 1 atom stereocenters. The molecule has 0 radical (unpaired) electrons. The first-order chi connectivity index (χ1) is 12.9. The van der Waals surface area contributed by atoms with E-state index in [4.69, 9.17) is 0 Å². The Bertz CT molecular complexity index is 967. The van der Waals surface area contributed by atoms with Crippen molar-refractivity contribution in [2.45, 2.75) is 33.2 Å². The summed E-state index contributed by atoms with van der Waals surface area (Å²) in [6.45, 7) is 5.44. The van der Waals surface area contributed by atoms with Crippen molar-refractivity contribution in [3.63, 3.8) is 0 Å². The first kappa shape index (κ1) is 18.8. The lowest BCUT2D eigenvalue weighted by Crippen LogP contribution is -2.29. The van der Waals surface area contributed by atoms with Crippen LogP contribution >= 0.6 is 0 Å². The van der Waals surface area contributed by atoms with Crippen molar-refractivity contribution in [1.29, 1.82) is 0 Å². The number of rotatable bonds is 5.